The van der Waals surface area contributed by atoms with Crippen LogP contribution in [-0.2, 0) is 25.6 Å². The Balaban J connectivity index is 1.37. The van der Waals surface area contributed by atoms with Crippen molar-refractivity contribution in [1.29, 1.82) is 0 Å². The minimum absolute atomic E-state index is 0.0439. The number of hydrogen-bond donors (Lipinski definition) is 4. The van der Waals surface area contributed by atoms with Gasteiger partial charge in [-0.15, -0.1) is 23.1 Å². The lowest BCUT2D eigenvalue weighted by Gasteiger charge is -2.49. The van der Waals surface area contributed by atoms with Gasteiger partial charge < -0.3 is 21.0 Å². The van der Waals surface area contributed by atoms with Crippen LogP contribution in [0, 0.1) is 0 Å². The van der Waals surface area contributed by atoms with Gasteiger partial charge in [-0.1, -0.05) is 9.67 Å². The maximum Gasteiger partial charge on any atom is 0.352 e. The number of hydrogen-bond acceptors (Lipinski definition) is 9. The number of amides is 2. The van der Waals surface area contributed by atoms with Crippen molar-refractivity contribution in [1.82, 2.24) is 20.3 Å². The van der Waals surface area contributed by atoms with Gasteiger partial charge in [-0.2, -0.15) is 5.10 Å². The minimum atomic E-state index is -1.18. The number of H-pyrrole nitrogens is 1. The van der Waals surface area contributed by atoms with Gasteiger partial charge in [-0.3, -0.25) is 14.5 Å². The lowest BCUT2D eigenvalue weighted by Crippen LogP contribution is -2.71. The van der Waals surface area contributed by atoms with Crippen molar-refractivity contribution < 1.29 is 28.8 Å². The van der Waals surface area contributed by atoms with Gasteiger partial charge in [0.05, 0.1) is 11.8 Å². The van der Waals surface area contributed by atoms with E-state index in [1.807, 2.05) is 35.1 Å². The highest BCUT2D eigenvalue weighted by atomic mass is 32.2. The molecule has 0 unspecified atom stereocenters. The number of thioether (sulfide) groups is 1. The van der Waals surface area contributed by atoms with E-state index in [0.717, 1.165) is 22.4 Å². The molecule has 2 aliphatic rings. The third kappa shape index (κ3) is 4.00. The largest absolute Gasteiger partial charge is 0.477 e. The van der Waals surface area contributed by atoms with Gasteiger partial charge in [0.15, 0.2) is 17.0 Å². The van der Waals surface area contributed by atoms with Crippen LogP contribution in [0.3, 0.4) is 0 Å². The van der Waals surface area contributed by atoms with Crippen LogP contribution in [-0.4, -0.2) is 67.9 Å². The molecule has 2 atom stereocenters. The van der Waals surface area contributed by atoms with Gasteiger partial charge in [0.25, 0.3) is 11.8 Å². The Hall–Kier alpha value is -3.91. The number of pyridine rings is 1. The Labute approximate surface area is 206 Å². The molecule has 5 heterocycles. The van der Waals surface area contributed by atoms with Crippen molar-refractivity contribution in [2.75, 3.05) is 18.6 Å². The van der Waals surface area contributed by atoms with Crippen molar-refractivity contribution >= 4 is 57.2 Å². The SMILES string of the molecule is CO/N=C(\C(=O)N[C@@H]1C(=O)N2C(C(=O)O)=C(Cc3c[nH][n+]4ccccc34)CS[C@@H]12)c1csc(N)n1. The summed E-state index contributed by atoms with van der Waals surface area (Å²) in [6, 6.07) is 4.81. The third-order valence-corrected chi connectivity index (χ3v) is 7.68. The number of oxime groups is 1. The Kier molecular flexibility index (Phi) is 5.90. The first kappa shape index (κ1) is 22.9. The monoisotopic (exact) mass is 514 g/mol. The van der Waals surface area contributed by atoms with Crippen LogP contribution in [0.15, 0.2) is 52.4 Å². The number of carboxylic acid groups (broad SMARTS) is 1. The second-order valence-electron chi connectivity index (χ2n) is 7.74. The van der Waals surface area contributed by atoms with Gasteiger partial charge in [0.2, 0.25) is 5.52 Å². The number of carbonyl (C=O) groups is 3. The molecule has 35 heavy (non-hydrogen) atoms. The molecular formula is C21H20N7O5S2+. The first-order valence-electron chi connectivity index (χ1n) is 10.4. The number of carboxylic acids is 1. The van der Waals surface area contributed by atoms with Crippen LogP contribution in [0.4, 0.5) is 5.13 Å². The molecule has 14 heteroatoms. The van der Waals surface area contributed by atoms with Gasteiger partial charge in [0, 0.05) is 29.7 Å². The number of anilines is 1. The number of thiazole rings is 1. The van der Waals surface area contributed by atoms with Crippen molar-refractivity contribution in [3.8, 4) is 0 Å². The second kappa shape index (κ2) is 9.03. The Bertz CT molecular complexity index is 1410. The molecule has 1 saturated heterocycles. The van der Waals surface area contributed by atoms with E-state index in [2.05, 4.69) is 20.6 Å². The van der Waals surface area contributed by atoms with E-state index in [1.165, 1.54) is 23.8 Å². The number of nitrogens with two attached hydrogens (primary N) is 1. The zero-order chi connectivity index (χ0) is 24.7. The summed E-state index contributed by atoms with van der Waals surface area (Å²) >= 11 is 2.53. The highest BCUT2D eigenvalue weighted by Gasteiger charge is 2.54. The van der Waals surface area contributed by atoms with Crippen molar-refractivity contribution in [3.05, 3.63) is 58.5 Å². The molecule has 0 saturated carbocycles. The number of carbonyl (C=O) groups excluding carboxylic acids is 2. The number of aromatic amines is 1. The average Bonchev–Trinajstić information content (AvgIpc) is 3.46. The highest BCUT2D eigenvalue weighted by molar-refractivity contribution is 8.00. The lowest BCUT2D eigenvalue weighted by atomic mass is 9.99. The molecule has 0 aromatic carbocycles. The molecular weight excluding hydrogens is 494 g/mol. The second-order valence-corrected chi connectivity index (χ2v) is 9.74. The fraction of sp³-hybridized carbons (Fsp3) is 0.238. The summed E-state index contributed by atoms with van der Waals surface area (Å²) in [5.74, 6) is -1.96. The minimum Gasteiger partial charge on any atom is -0.477 e. The number of nitrogen functional groups attached to an aromatic ring is 1. The van der Waals surface area contributed by atoms with E-state index in [-0.39, 0.29) is 22.2 Å². The van der Waals surface area contributed by atoms with E-state index >= 15 is 0 Å². The Morgan fingerprint density at radius 3 is 3.00 bits per heavy atom. The summed E-state index contributed by atoms with van der Waals surface area (Å²) in [7, 11) is 1.29. The van der Waals surface area contributed by atoms with Gasteiger partial charge in [0.1, 0.15) is 29.9 Å². The maximum atomic E-state index is 13.0. The molecule has 12 nitrogen and oxygen atoms in total. The highest BCUT2D eigenvalue weighted by Crippen LogP contribution is 2.41. The van der Waals surface area contributed by atoms with Crippen LogP contribution in [0.2, 0.25) is 0 Å². The summed E-state index contributed by atoms with van der Waals surface area (Å²) in [6.45, 7) is 0. The summed E-state index contributed by atoms with van der Waals surface area (Å²) < 4.78 is 1.84. The Morgan fingerprint density at radius 1 is 1.46 bits per heavy atom. The summed E-state index contributed by atoms with van der Waals surface area (Å²) in [6.07, 6.45) is 4.06. The van der Waals surface area contributed by atoms with Crippen molar-refractivity contribution in [2.24, 2.45) is 5.16 Å². The standard InChI is InChI=1S/C21H19N7O5S2/c1-33-26-14(12-9-35-21(22)24-12)17(29)25-15-18(30)28-16(20(31)32)11(8-34-19(15)28)6-10-7-23-27-5-3-2-4-13(10)27/h2-5,7,9,15,19H,6,8H2,1H3,(H4,22,24,25,29,31,32)/p+1/b26-14-/t15-,19+/m1/s1. The lowest BCUT2D eigenvalue weighted by molar-refractivity contribution is -0.576. The normalized spacial score (nSPS) is 20.0. The number of nitrogens with zero attached hydrogens (tertiary/aromatic N) is 4. The number of aromatic nitrogens is 3. The third-order valence-electron chi connectivity index (χ3n) is 5.67. The zero-order valence-corrected chi connectivity index (χ0v) is 19.9. The molecule has 3 aromatic rings. The fourth-order valence-corrected chi connectivity index (χ4v) is 6.02. The van der Waals surface area contributed by atoms with Crippen LogP contribution in [0.1, 0.15) is 11.3 Å². The molecule has 2 aliphatic heterocycles. The molecule has 180 valence electrons. The fourth-order valence-electron chi connectivity index (χ4n) is 4.13. The molecule has 0 spiro atoms. The van der Waals surface area contributed by atoms with Crippen LogP contribution < -0.4 is 15.6 Å². The molecule has 3 aromatic heterocycles. The van der Waals surface area contributed by atoms with Crippen LogP contribution >= 0.6 is 23.1 Å². The molecule has 0 radical (unpaired) electrons. The number of aliphatic carboxylic acids is 1. The van der Waals surface area contributed by atoms with E-state index < -0.39 is 29.2 Å². The summed E-state index contributed by atoms with van der Waals surface area (Å²) in [5.41, 5.74) is 8.16. The topological polar surface area (TPSA) is 167 Å². The number of β-lactam (4-membered cyclic amide) rings is 1. The number of rotatable bonds is 7. The van der Waals surface area contributed by atoms with E-state index in [0.29, 0.717) is 17.7 Å². The van der Waals surface area contributed by atoms with E-state index in [1.54, 1.807) is 5.38 Å². The first-order valence-corrected chi connectivity index (χ1v) is 12.3. The molecule has 1 fully saturated rings. The van der Waals surface area contributed by atoms with Crippen LogP contribution in [0.5, 0.6) is 0 Å². The molecule has 5 N–H and O–H groups in total. The molecule has 0 bridgehead atoms. The first-order chi connectivity index (χ1) is 16.9. The Morgan fingerprint density at radius 2 is 2.29 bits per heavy atom. The van der Waals surface area contributed by atoms with Gasteiger partial charge >= 0.3 is 5.97 Å². The molecule has 2 amide bonds. The predicted octanol–water partition coefficient (Wildman–Crippen LogP) is 0.124. The van der Waals surface area contributed by atoms with Crippen LogP contribution in [0.25, 0.3) is 5.52 Å². The smallest absolute Gasteiger partial charge is 0.352 e. The predicted molar refractivity (Wildman–Crippen MR) is 127 cm³/mol. The zero-order valence-electron chi connectivity index (χ0n) is 18.3. The maximum absolute atomic E-state index is 13.0. The average molecular weight is 515 g/mol. The van der Waals surface area contributed by atoms with Crippen molar-refractivity contribution in [3.63, 3.8) is 0 Å². The van der Waals surface area contributed by atoms with Crippen molar-refractivity contribution in [2.45, 2.75) is 17.8 Å². The number of fused-ring (bicyclic) bond motifs is 2. The quantitative estimate of drug-likeness (QED) is 0.149. The number of nitrogens with one attached hydrogen (secondary N) is 2. The van der Waals surface area contributed by atoms with Gasteiger partial charge in [-0.05, 0) is 11.6 Å². The van der Waals surface area contributed by atoms with E-state index in [9.17, 15) is 19.5 Å². The molecule has 0 aliphatic carbocycles. The summed E-state index contributed by atoms with van der Waals surface area (Å²) in [4.78, 5) is 48.1. The summed E-state index contributed by atoms with van der Waals surface area (Å²) in [5, 5.41) is 20.7. The van der Waals surface area contributed by atoms with Gasteiger partial charge in [-0.25, -0.2) is 9.78 Å². The molecule has 5 rings (SSSR count). The van der Waals surface area contributed by atoms with E-state index in [4.69, 9.17) is 10.6 Å².